The molecule has 7 nitrogen and oxygen atoms in total. The topological polar surface area (TPSA) is 82.2 Å². The number of amides is 1. The molecule has 178 valence electrons. The first-order chi connectivity index (χ1) is 17.0. The predicted molar refractivity (Wildman–Crippen MR) is 134 cm³/mol. The van der Waals surface area contributed by atoms with E-state index >= 15 is 0 Å². The van der Waals surface area contributed by atoms with Gasteiger partial charge in [-0.2, -0.15) is 0 Å². The fraction of sp³-hybridized carbons (Fsp3) is 0.192. The molecular weight excluding hydrogens is 467 g/mol. The van der Waals surface area contributed by atoms with Crippen molar-refractivity contribution in [1.82, 2.24) is 14.8 Å². The monoisotopic (exact) mass is 490 g/mol. The lowest BCUT2D eigenvalue weighted by Gasteiger charge is -2.10. The summed E-state index contributed by atoms with van der Waals surface area (Å²) >= 11 is 1.15. The molecule has 5 aromatic rings. The number of aryl methyl sites for hydroxylation is 1. The zero-order chi connectivity index (χ0) is 24.4. The van der Waals surface area contributed by atoms with Gasteiger partial charge in [0.2, 0.25) is 5.91 Å². The Kier molecular flexibility index (Phi) is 6.41. The third-order valence-electron chi connectivity index (χ3n) is 5.60. The van der Waals surface area contributed by atoms with Gasteiger partial charge in [-0.05, 0) is 62.4 Å². The van der Waals surface area contributed by atoms with E-state index < -0.39 is 6.10 Å². The lowest BCUT2D eigenvalue weighted by molar-refractivity contribution is -0.113. The lowest BCUT2D eigenvalue weighted by Crippen LogP contribution is -2.13. The maximum atomic E-state index is 13.1. The smallest absolute Gasteiger partial charge is 0.277 e. The largest absolute Gasteiger partial charge is 0.481 e. The second-order valence-corrected chi connectivity index (χ2v) is 8.88. The molecule has 1 N–H and O–H groups in total. The van der Waals surface area contributed by atoms with Crippen molar-refractivity contribution in [2.45, 2.75) is 31.7 Å². The van der Waals surface area contributed by atoms with Gasteiger partial charge in [0.1, 0.15) is 11.6 Å². The van der Waals surface area contributed by atoms with Crippen LogP contribution in [0.1, 0.15) is 25.8 Å². The molecule has 0 unspecified atom stereocenters. The third-order valence-corrected chi connectivity index (χ3v) is 6.41. The van der Waals surface area contributed by atoms with Gasteiger partial charge in [0.05, 0.1) is 5.75 Å². The number of hydrogen-bond acceptors (Lipinski definition) is 6. The molecule has 0 bridgehead atoms. The summed E-state index contributed by atoms with van der Waals surface area (Å²) in [5.41, 5.74) is 3.04. The van der Waals surface area contributed by atoms with Crippen LogP contribution in [0.15, 0.2) is 76.4 Å². The van der Waals surface area contributed by atoms with E-state index in [1.165, 1.54) is 29.8 Å². The van der Waals surface area contributed by atoms with Crippen LogP contribution in [0.4, 0.5) is 10.1 Å². The minimum absolute atomic E-state index is 0.115. The minimum Gasteiger partial charge on any atom is -0.481 e. The summed E-state index contributed by atoms with van der Waals surface area (Å²) in [6.07, 6.45) is -0.520. The SMILES string of the molecule is CCn1c2ccccc2c2cc(NC(=O)CSc3nnc([C@@H](C)Oc4ccc(F)cc4)o3)ccc21. The molecule has 0 aliphatic rings. The Morgan fingerprint density at radius 2 is 1.86 bits per heavy atom. The molecular formula is C26H23FN4O3S. The lowest BCUT2D eigenvalue weighted by atomic mass is 10.1. The minimum atomic E-state index is -0.520. The van der Waals surface area contributed by atoms with Crippen LogP contribution in [0.3, 0.4) is 0 Å². The number of hydrogen-bond donors (Lipinski definition) is 1. The highest BCUT2D eigenvalue weighted by Crippen LogP contribution is 2.31. The first-order valence-electron chi connectivity index (χ1n) is 11.2. The molecule has 0 aliphatic heterocycles. The molecule has 1 amide bonds. The zero-order valence-electron chi connectivity index (χ0n) is 19.2. The van der Waals surface area contributed by atoms with Gasteiger partial charge in [-0.3, -0.25) is 4.79 Å². The number of carbonyl (C=O) groups is 1. The van der Waals surface area contributed by atoms with E-state index in [-0.39, 0.29) is 28.6 Å². The van der Waals surface area contributed by atoms with Gasteiger partial charge in [0.15, 0.2) is 6.10 Å². The summed E-state index contributed by atoms with van der Waals surface area (Å²) in [4.78, 5) is 12.6. The van der Waals surface area contributed by atoms with E-state index in [1.54, 1.807) is 6.92 Å². The van der Waals surface area contributed by atoms with E-state index in [1.807, 2.05) is 30.3 Å². The van der Waals surface area contributed by atoms with Gasteiger partial charge in [0.25, 0.3) is 11.1 Å². The second-order valence-electron chi connectivity index (χ2n) is 7.95. The van der Waals surface area contributed by atoms with Gasteiger partial charge in [-0.25, -0.2) is 4.39 Å². The Labute approximate surface area is 205 Å². The Balaban J connectivity index is 1.21. The van der Waals surface area contributed by atoms with E-state index in [0.717, 1.165) is 40.3 Å². The van der Waals surface area contributed by atoms with Crippen LogP contribution >= 0.6 is 11.8 Å². The highest BCUT2D eigenvalue weighted by atomic mass is 32.2. The number of nitrogens with one attached hydrogen (secondary N) is 1. The second kappa shape index (κ2) is 9.79. The van der Waals surface area contributed by atoms with Gasteiger partial charge < -0.3 is 19.0 Å². The normalized spacial score (nSPS) is 12.2. The molecule has 5 rings (SSSR count). The molecule has 0 fully saturated rings. The average molecular weight is 491 g/mol. The average Bonchev–Trinajstić information content (AvgIpc) is 3.47. The van der Waals surface area contributed by atoms with Gasteiger partial charge >= 0.3 is 0 Å². The van der Waals surface area contributed by atoms with E-state index in [4.69, 9.17) is 9.15 Å². The van der Waals surface area contributed by atoms with Crippen molar-refractivity contribution >= 4 is 45.2 Å². The molecule has 9 heteroatoms. The Bertz CT molecular complexity index is 1500. The van der Waals surface area contributed by atoms with Crippen molar-refractivity contribution < 1.29 is 18.3 Å². The van der Waals surface area contributed by atoms with Crippen molar-refractivity contribution in [3.05, 3.63) is 78.4 Å². The molecule has 35 heavy (non-hydrogen) atoms. The summed E-state index contributed by atoms with van der Waals surface area (Å²) in [5, 5.41) is 13.5. The Hall–Kier alpha value is -3.85. The molecule has 0 radical (unpaired) electrons. The van der Waals surface area contributed by atoms with Crippen molar-refractivity contribution in [3.63, 3.8) is 0 Å². The number of fused-ring (bicyclic) bond motifs is 3. The van der Waals surface area contributed by atoms with Crippen LogP contribution in [0, 0.1) is 5.82 Å². The van der Waals surface area contributed by atoms with Crippen molar-refractivity contribution in [2.75, 3.05) is 11.1 Å². The number of para-hydroxylation sites is 1. The van der Waals surface area contributed by atoms with Crippen LogP contribution in [-0.2, 0) is 11.3 Å². The highest BCUT2D eigenvalue weighted by molar-refractivity contribution is 7.99. The molecule has 0 saturated carbocycles. The standard InChI is InChI=1S/C26H23FN4O3S/c1-3-31-22-7-5-4-6-20(22)21-14-18(10-13-23(21)31)28-24(32)15-35-26-30-29-25(34-26)16(2)33-19-11-8-17(27)9-12-19/h4-14,16H,3,15H2,1-2H3,(H,28,32)/t16-/m1/s1. The number of aromatic nitrogens is 3. The number of carbonyl (C=O) groups excluding carboxylic acids is 1. The van der Waals surface area contributed by atoms with E-state index in [2.05, 4.69) is 39.1 Å². The third kappa shape index (κ3) is 4.85. The van der Waals surface area contributed by atoms with Crippen molar-refractivity contribution in [1.29, 1.82) is 0 Å². The summed E-state index contributed by atoms with van der Waals surface area (Å²) in [7, 11) is 0. The highest BCUT2D eigenvalue weighted by Gasteiger charge is 2.17. The van der Waals surface area contributed by atoms with Crippen LogP contribution in [-0.4, -0.2) is 26.4 Å². The van der Waals surface area contributed by atoms with Crippen LogP contribution < -0.4 is 10.1 Å². The van der Waals surface area contributed by atoms with E-state index in [0.29, 0.717) is 5.75 Å². The molecule has 0 spiro atoms. The van der Waals surface area contributed by atoms with Gasteiger partial charge in [0, 0.05) is 34.0 Å². The Morgan fingerprint density at radius 1 is 1.09 bits per heavy atom. The molecule has 1 atom stereocenters. The molecule has 2 aromatic heterocycles. The number of ether oxygens (including phenoxy) is 1. The maximum absolute atomic E-state index is 13.1. The maximum Gasteiger partial charge on any atom is 0.277 e. The summed E-state index contributed by atoms with van der Waals surface area (Å²) in [6, 6.07) is 19.9. The molecule has 2 heterocycles. The Morgan fingerprint density at radius 3 is 2.66 bits per heavy atom. The predicted octanol–water partition coefficient (Wildman–Crippen LogP) is 6.21. The van der Waals surface area contributed by atoms with Crippen molar-refractivity contribution in [3.8, 4) is 5.75 Å². The summed E-state index contributed by atoms with van der Waals surface area (Å²) in [5.74, 6) is 0.361. The number of rotatable bonds is 8. The fourth-order valence-electron chi connectivity index (χ4n) is 4.01. The quantitative estimate of drug-likeness (QED) is 0.261. The van der Waals surface area contributed by atoms with Crippen LogP contribution in [0.25, 0.3) is 21.8 Å². The van der Waals surface area contributed by atoms with Crippen LogP contribution in [0.5, 0.6) is 5.75 Å². The van der Waals surface area contributed by atoms with Crippen LogP contribution in [0.2, 0.25) is 0 Å². The summed E-state index contributed by atoms with van der Waals surface area (Å²) in [6.45, 7) is 4.74. The zero-order valence-corrected chi connectivity index (χ0v) is 20.0. The number of thioether (sulfide) groups is 1. The number of halogens is 1. The number of benzene rings is 3. The first-order valence-corrected chi connectivity index (χ1v) is 12.2. The van der Waals surface area contributed by atoms with E-state index in [9.17, 15) is 9.18 Å². The molecule has 3 aromatic carbocycles. The summed E-state index contributed by atoms with van der Waals surface area (Å²) < 4.78 is 26.6. The van der Waals surface area contributed by atoms with Gasteiger partial charge in [-0.1, -0.05) is 30.0 Å². The van der Waals surface area contributed by atoms with Gasteiger partial charge in [-0.15, -0.1) is 10.2 Å². The fourth-order valence-corrected chi connectivity index (χ4v) is 4.58. The number of nitrogens with zero attached hydrogens (tertiary/aromatic N) is 3. The molecule has 0 saturated heterocycles. The number of anilines is 1. The molecule has 0 aliphatic carbocycles. The first kappa shape index (κ1) is 22.9. The van der Waals surface area contributed by atoms with Crippen molar-refractivity contribution in [2.24, 2.45) is 0 Å².